The van der Waals surface area contributed by atoms with Crippen molar-refractivity contribution in [3.8, 4) is 0 Å². The molecule has 0 spiro atoms. The first-order chi connectivity index (χ1) is 8.16. The molecule has 0 amide bonds. The van der Waals surface area contributed by atoms with Crippen LogP contribution in [0.5, 0.6) is 0 Å². The van der Waals surface area contributed by atoms with E-state index < -0.39 is 19.6 Å². The topological polar surface area (TPSA) is 43.4 Å². The molecule has 0 aliphatic heterocycles. The summed E-state index contributed by atoms with van der Waals surface area (Å²) < 4.78 is 28.2. The lowest BCUT2D eigenvalue weighted by Gasteiger charge is -2.17. The minimum Gasteiger partial charge on any atom is -0.419 e. The van der Waals surface area contributed by atoms with Gasteiger partial charge in [-0.05, 0) is 16.2 Å². The van der Waals surface area contributed by atoms with Crippen LogP contribution in [-0.4, -0.2) is 24.4 Å². The lowest BCUT2D eigenvalue weighted by Crippen LogP contribution is -2.12. The number of hydrogen-bond acceptors (Lipinski definition) is 3. The average molecular weight is 286 g/mol. The van der Waals surface area contributed by atoms with Crippen molar-refractivity contribution in [3.05, 3.63) is 35.4 Å². The van der Waals surface area contributed by atoms with Crippen molar-refractivity contribution >= 4 is 19.6 Å². The van der Waals surface area contributed by atoms with Gasteiger partial charge in [0.25, 0.3) is 0 Å². The molecule has 1 rings (SSSR count). The Balaban J connectivity index is 2.60. The maximum Gasteiger partial charge on any atom is 0.167 e. The molecule has 0 heterocycles. The number of hydrogen-bond donors (Lipinski definition) is 0. The zero-order valence-electron chi connectivity index (χ0n) is 11.6. The van der Waals surface area contributed by atoms with Crippen molar-refractivity contribution < 1.29 is 12.8 Å². The van der Waals surface area contributed by atoms with E-state index in [2.05, 4.69) is 20.8 Å². The number of rotatable bonds is 5. The van der Waals surface area contributed by atoms with Gasteiger partial charge in [-0.15, -0.1) is 0 Å². The Morgan fingerprint density at radius 3 is 2.39 bits per heavy atom. The van der Waals surface area contributed by atoms with E-state index in [1.807, 2.05) is 24.3 Å². The predicted octanol–water partition coefficient (Wildman–Crippen LogP) is 2.05. The molecule has 102 valence electrons. The Kier molecular flexibility index (Phi) is 5.13. The van der Waals surface area contributed by atoms with Crippen LogP contribution in [-0.2, 0) is 26.6 Å². The molecule has 0 atom stereocenters. The Morgan fingerprint density at radius 2 is 1.83 bits per heavy atom. The summed E-state index contributed by atoms with van der Waals surface area (Å²) in [5.74, 6) is 0.0948. The molecule has 0 saturated heterocycles. The highest BCUT2D eigenvalue weighted by Crippen LogP contribution is 2.20. The fourth-order valence-corrected chi connectivity index (χ4v) is 3.32. The van der Waals surface area contributed by atoms with Crippen molar-refractivity contribution in [1.29, 1.82) is 0 Å². The van der Waals surface area contributed by atoms with E-state index in [1.54, 1.807) is 0 Å². The van der Waals surface area contributed by atoms with Crippen LogP contribution in [0.25, 0.3) is 0 Å². The minimum absolute atomic E-state index is 0.0948. The molecule has 0 fully saturated rings. The molecule has 3 nitrogen and oxygen atoms in total. The Hall–Kier alpha value is -0.653. The highest BCUT2D eigenvalue weighted by atomic mass is 32.2. The first-order valence-electron chi connectivity index (χ1n) is 5.99. The molecule has 0 radical (unpaired) electrons. The standard InChI is InChI=1S/C13H22O3SSi/c1-13(2,3)18-16-9-11-6-5-7-12(8-11)10-17(4,14)15/h5-8H,9-10,18H2,1-4H3. The first-order valence-corrected chi connectivity index (χ1v) is 9.33. The molecule has 18 heavy (non-hydrogen) atoms. The molecule has 0 aromatic heterocycles. The van der Waals surface area contributed by atoms with E-state index >= 15 is 0 Å². The van der Waals surface area contributed by atoms with Gasteiger partial charge in [0, 0.05) is 6.26 Å². The van der Waals surface area contributed by atoms with Crippen molar-refractivity contribution in [1.82, 2.24) is 0 Å². The summed E-state index contributed by atoms with van der Waals surface area (Å²) >= 11 is 0. The third-order valence-electron chi connectivity index (χ3n) is 2.22. The largest absolute Gasteiger partial charge is 0.419 e. The molecular weight excluding hydrogens is 264 g/mol. The van der Waals surface area contributed by atoms with Gasteiger partial charge in [0.1, 0.15) is 0 Å². The molecule has 0 aliphatic rings. The molecule has 0 saturated carbocycles. The smallest absolute Gasteiger partial charge is 0.167 e. The summed E-state index contributed by atoms with van der Waals surface area (Å²) in [5.41, 5.74) is 1.88. The molecule has 1 aromatic rings. The van der Waals surface area contributed by atoms with Gasteiger partial charge in [-0.3, -0.25) is 0 Å². The summed E-state index contributed by atoms with van der Waals surface area (Å²) in [7, 11) is -3.53. The number of benzene rings is 1. The average Bonchev–Trinajstić information content (AvgIpc) is 2.13. The van der Waals surface area contributed by atoms with Crippen LogP contribution < -0.4 is 0 Å². The first kappa shape index (κ1) is 15.4. The molecule has 0 unspecified atom stereocenters. The van der Waals surface area contributed by atoms with E-state index in [4.69, 9.17) is 4.43 Å². The van der Waals surface area contributed by atoms with Gasteiger partial charge in [-0.25, -0.2) is 8.42 Å². The van der Waals surface area contributed by atoms with Crippen LogP contribution in [0.3, 0.4) is 0 Å². The van der Waals surface area contributed by atoms with E-state index in [9.17, 15) is 8.42 Å². The van der Waals surface area contributed by atoms with E-state index in [-0.39, 0.29) is 10.8 Å². The third kappa shape index (κ3) is 6.93. The van der Waals surface area contributed by atoms with Crippen molar-refractivity contribution in [2.75, 3.05) is 6.26 Å². The van der Waals surface area contributed by atoms with Crippen LogP contribution in [0, 0.1) is 0 Å². The summed E-state index contributed by atoms with van der Waals surface area (Å²) in [6.45, 7) is 7.12. The van der Waals surface area contributed by atoms with Crippen LogP contribution in [0.15, 0.2) is 24.3 Å². The van der Waals surface area contributed by atoms with Crippen LogP contribution in [0.4, 0.5) is 0 Å². The lowest BCUT2D eigenvalue weighted by molar-refractivity contribution is 0.309. The van der Waals surface area contributed by atoms with Gasteiger partial charge < -0.3 is 4.43 Å². The van der Waals surface area contributed by atoms with Gasteiger partial charge in [0.05, 0.1) is 12.4 Å². The fraction of sp³-hybridized carbons (Fsp3) is 0.538. The summed E-state index contributed by atoms with van der Waals surface area (Å²) in [6.07, 6.45) is 1.25. The SMILES string of the molecule is CC(C)(C)[SiH2]OCc1cccc(CS(C)(=O)=O)c1. The second kappa shape index (κ2) is 5.99. The highest BCUT2D eigenvalue weighted by molar-refractivity contribution is 7.89. The molecule has 0 aliphatic carbocycles. The van der Waals surface area contributed by atoms with Gasteiger partial charge in [0.15, 0.2) is 19.6 Å². The monoisotopic (exact) mass is 286 g/mol. The summed E-state index contributed by atoms with van der Waals surface area (Å²) in [6, 6.07) is 7.62. The molecule has 5 heteroatoms. The van der Waals surface area contributed by atoms with Gasteiger partial charge in [0.2, 0.25) is 0 Å². The fourth-order valence-electron chi connectivity index (χ4n) is 1.59. The second-order valence-electron chi connectivity index (χ2n) is 5.94. The molecule has 0 N–H and O–H groups in total. The normalized spacial score (nSPS) is 13.3. The Morgan fingerprint density at radius 1 is 1.22 bits per heavy atom. The predicted molar refractivity (Wildman–Crippen MR) is 78.0 cm³/mol. The van der Waals surface area contributed by atoms with Crippen molar-refractivity contribution in [2.24, 2.45) is 0 Å². The van der Waals surface area contributed by atoms with E-state index in [0.717, 1.165) is 11.1 Å². The van der Waals surface area contributed by atoms with Gasteiger partial charge >= 0.3 is 0 Å². The quantitative estimate of drug-likeness (QED) is 0.778. The zero-order chi connectivity index (χ0) is 13.8. The van der Waals surface area contributed by atoms with Gasteiger partial charge in [-0.1, -0.05) is 45.0 Å². The maximum atomic E-state index is 11.2. The lowest BCUT2D eigenvalue weighted by atomic mass is 10.1. The highest BCUT2D eigenvalue weighted by Gasteiger charge is 2.11. The minimum atomic E-state index is -2.97. The maximum absolute atomic E-state index is 11.2. The van der Waals surface area contributed by atoms with Crippen LogP contribution in [0.1, 0.15) is 31.9 Å². The van der Waals surface area contributed by atoms with Crippen LogP contribution >= 0.6 is 0 Å². The van der Waals surface area contributed by atoms with E-state index in [0.29, 0.717) is 6.61 Å². The molecule has 0 bridgehead atoms. The van der Waals surface area contributed by atoms with Gasteiger partial charge in [-0.2, -0.15) is 0 Å². The number of sulfone groups is 1. The van der Waals surface area contributed by atoms with Crippen molar-refractivity contribution in [3.63, 3.8) is 0 Å². The van der Waals surface area contributed by atoms with E-state index in [1.165, 1.54) is 6.26 Å². The summed E-state index contributed by atoms with van der Waals surface area (Å²) in [4.78, 5) is 0. The second-order valence-corrected chi connectivity index (χ2v) is 10.9. The Labute approximate surface area is 112 Å². The third-order valence-corrected chi connectivity index (χ3v) is 4.36. The Bertz CT molecular complexity index is 489. The van der Waals surface area contributed by atoms with Crippen LogP contribution in [0.2, 0.25) is 5.04 Å². The summed E-state index contributed by atoms with van der Waals surface area (Å²) in [5, 5.41) is 0.282. The molecular formula is C13H22O3SSi. The zero-order valence-corrected chi connectivity index (χ0v) is 13.8. The van der Waals surface area contributed by atoms with Crippen molar-refractivity contribution in [2.45, 2.75) is 38.2 Å². The molecule has 1 aromatic carbocycles.